The maximum absolute atomic E-state index is 13.2. The molecule has 5 heteroatoms. The Morgan fingerprint density at radius 1 is 1.00 bits per heavy atom. The van der Waals surface area contributed by atoms with E-state index in [1.165, 1.54) is 12.0 Å². The van der Waals surface area contributed by atoms with Crippen molar-refractivity contribution in [3.05, 3.63) is 59.9 Å². The first kappa shape index (κ1) is 19.4. The highest BCUT2D eigenvalue weighted by Crippen LogP contribution is 2.47. The average molecular weight is 406 g/mol. The first-order valence-corrected chi connectivity index (χ1v) is 11.3. The summed E-state index contributed by atoms with van der Waals surface area (Å²) in [6.45, 7) is 3.12. The van der Waals surface area contributed by atoms with Crippen LogP contribution in [0.5, 0.6) is 0 Å². The van der Waals surface area contributed by atoms with E-state index in [4.69, 9.17) is 0 Å². The van der Waals surface area contributed by atoms with Gasteiger partial charge in [-0.1, -0.05) is 36.8 Å². The molecule has 1 aliphatic carbocycles. The molecular formula is C25H31N3O2. The Morgan fingerprint density at radius 3 is 2.40 bits per heavy atom. The molecule has 158 valence electrons. The van der Waals surface area contributed by atoms with Gasteiger partial charge in [0.1, 0.15) is 5.69 Å². The number of aromatic nitrogens is 1. The zero-order valence-corrected chi connectivity index (χ0v) is 17.8. The second-order valence-electron chi connectivity index (χ2n) is 9.58. The summed E-state index contributed by atoms with van der Waals surface area (Å²) in [5, 5.41) is 0. The van der Waals surface area contributed by atoms with Crippen molar-refractivity contribution >= 4 is 11.8 Å². The van der Waals surface area contributed by atoms with Gasteiger partial charge < -0.3 is 14.4 Å². The maximum Gasteiger partial charge on any atom is 0.270 e. The molecule has 2 amide bonds. The number of carbonyl (C=O) groups is 2. The molecule has 0 radical (unpaired) electrons. The van der Waals surface area contributed by atoms with E-state index in [0.717, 1.165) is 57.6 Å². The topological polar surface area (TPSA) is 45.6 Å². The van der Waals surface area contributed by atoms with Gasteiger partial charge >= 0.3 is 0 Å². The highest BCUT2D eigenvalue weighted by Gasteiger charge is 2.54. The summed E-state index contributed by atoms with van der Waals surface area (Å²) in [6, 6.07) is 14.4. The Morgan fingerprint density at radius 2 is 1.73 bits per heavy atom. The Hall–Kier alpha value is -2.56. The van der Waals surface area contributed by atoms with Crippen molar-refractivity contribution in [2.24, 2.45) is 24.3 Å². The number of fused-ring (bicyclic) bond motifs is 1. The summed E-state index contributed by atoms with van der Waals surface area (Å²) in [7, 11) is 1.92. The van der Waals surface area contributed by atoms with Gasteiger partial charge in [-0.25, -0.2) is 0 Å². The third-order valence-electron chi connectivity index (χ3n) is 7.73. The molecule has 0 spiro atoms. The van der Waals surface area contributed by atoms with Crippen molar-refractivity contribution in [2.75, 3.05) is 26.2 Å². The van der Waals surface area contributed by atoms with Gasteiger partial charge in [0.2, 0.25) is 5.91 Å². The molecule has 30 heavy (non-hydrogen) atoms. The lowest BCUT2D eigenvalue weighted by Crippen LogP contribution is -2.42. The first-order chi connectivity index (χ1) is 14.6. The summed E-state index contributed by atoms with van der Waals surface area (Å²) < 4.78 is 1.90. The Bertz CT molecular complexity index is 933. The monoisotopic (exact) mass is 405 g/mol. The van der Waals surface area contributed by atoms with E-state index < -0.39 is 0 Å². The number of aryl methyl sites for hydroxylation is 2. The normalized spacial score (nSPS) is 26.0. The molecule has 3 fully saturated rings. The fourth-order valence-corrected chi connectivity index (χ4v) is 5.66. The molecule has 2 aliphatic heterocycles. The summed E-state index contributed by atoms with van der Waals surface area (Å²) in [6.07, 6.45) is 7.23. The Kier molecular flexibility index (Phi) is 4.92. The van der Waals surface area contributed by atoms with Crippen LogP contribution in [-0.2, 0) is 18.3 Å². The van der Waals surface area contributed by atoms with E-state index >= 15 is 0 Å². The van der Waals surface area contributed by atoms with Gasteiger partial charge in [-0.05, 0) is 43.4 Å². The predicted octanol–water partition coefficient (Wildman–Crippen LogP) is 3.36. The number of hydrogen-bond acceptors (Lipinski definition) is 2. The second-order valence-corrected chi connectivity index (χ2v) is 9.58. The number of amides is 2. The van der Waals surface area contributed by atoms with Crippen molar-refractivity contribution in [1.29, 1.82) is 0 Å². The first-order valence-electron chi connectivity index (χ1n) is 11.3. The van der Waals surface area contributed by atoms with Crippen LogP contribution in [0.15, 0.2) is 48.7 Å². The quantitative estimate of drug-likeness (QED) is 0.766. The van der Waals surface area contributed by atoms with E-state index in [2.05, 4.69) is 35.2 Å². The highest BCUT2D eigenvalue weighted by molar-refractivity contribution is 5.93. The zero-order chi connectivity index (χ0) is 20.7. The van der Waals surface area contributed by atoms with Crippen LogP contribution in [0, 0.1) is 17.3 Å². The van der Waals surface area contributed by atoms with E-state index in [1.54, 1.807) is 0 Å². The summed E-state index contributed by atoms with van der Waals surface area (Å²) in [5.41, 5.74) is 2.09. The van der Waals surface area contributed by atoms with Crippen LogP contribution in [-0.4, -0.2) is 52.4 Å². The molecule has 5 rings (SSSR count). The lowest BCUT2D eigenvalue weighted by Gasteiger charge is -2.32. The average Bonchev–Trinajstić information content (AvgIpc) is 3.37. The van der Waals surface area contributed by atoms with E-state index in [1.807, 2.05) is 34.8 Å². The Balaban J connectivity index is 1.35. The van der Waals surface area contributed by atoms with Crippen LogP contribution in [0.2, 0.25) is 0 Å². The lowest BCUT2D eigenvalue weighted by molar-refractivity contribution is -0.137. The minimum atomic E-state index is 0.00999. The third kappa shape index (κ3) is 3.34. The summed E-state index contributed by atoms with van der Waals surface area (Å²) in [5.74, 6) is 1.09. The highest BCUT2D eigenvalue weighted by atomic mass is 16.2. The molecule has 3 aliphatic rings. The van der Waals surface area contributed by atoms with Crippen molar-refractivity contribution in [1.82, 2.24) is 14.4 Å². The van der Waals surface area contributed by atoms with Crippen molar-refractivity contribution in [2.45, 2.75) is 32.1 Å². The van der Waals surface area contributed by atoms with Crippen molar-refractivity contribution in [3.63, 3.8) is 0 Å². The van der Waals surface area contributed by atoms with Crippen LogP contribution in [0.3, 0.4) is 0 Å². The van der Waals surface area contributed by atoms with E-state index in [0.29, 0.717) is 11.8 Å². The van der Waals surface area contributed by atoms with Crippen molar-refractivity contribution < 1.29 is 9.59 Å². The molecule has 2 aromatic rings. The van der Waals surface area contributed by atoms with Gasteiger partial charge in [0.15, 0.2) is 0 Å². The van der Waals surface area contributed by atoms with Gasteiger partial charge in [-0.2, -0.15) is 0 Å². The summed E-state index contributed by atoms with van der Waals surface area (Å²) >= 11 is 0. The SMILES string of the molecule is Cn1cccc1C(=O)N1C[C@H]2CN(C(=O)C3CCC3)C[C@@]2(CCc2ccccc2)C1. The van der Waals surface area contributed by atoms with Gasteiger partial charge in [-0.3, -0.25) is 9.59 Å². The van der Waals surface area contributed by atoms with Crippen LogP contribution in [0.25, 0.3) is 0 Å². The number of hydrogen-bond donors (Lipinski definition) is 0. The number of benzene rings is 1. The van der Waals surface area contributed by atoms with E-state index in [9.17, 15) is 9.59 Å². The number of rotatable bonds is 5. The molecular weight excluding hydrogens is 374 g/mol. The summed E-state index contributed by atoms with van der Waals surface area (Å²) in [4.78, 5) is 30.3. The lowest BCUT2D eigenvalue weighted by atomic mass is 9.76. The molecule has 1 aromatic carbocycles. The van der Waals surface area contributed by atoms with Gasteiger partial charge in [0.25, 0.3) is 5.91 Å². The molecule has 5 nitrogen and oxygen atoms in total. The minimum Gasteiger partial charge on any atom is -0.347 e. The van der Waals surface area contributed by atoms with Gasteiger partial charge in [0.05, 0.1) is 0 Å². The predicted molar refractivity (Wildman–Crippen MR) is 116 cm³/mol. The van der Waals surface area contributed by atoms with Crippen molar-refractivity contribution in [3.8, 4) is 0 Å². The van der Waals surface area contributed by atoms with Crippen LogP contribution < -0.4 is 0 Å². The number of nitrogens with zero attached hydrogens (tertiary/aromatic N) is 3. The number of likely N-dealkylation sites (tertiary alicyclic amines) is 2. The van der Waals surface area contributed by atoms with Crippen LogP contribution in [0.4, 0.5) is 0 Å². The molecule has 0 unspecified atom stereocenters. The molecule has 0 N–H and O–H groups in total. The molecule has 2 saturated heterocycles. The van der Waals surface area contributed by atoms with Crippen LogP contribution >= 0.6 is 0 Å². The van der Waals surface area contributed by atoms with Gasteiger partial charge in [0, 0.05) is 56.7 Å². The molecule has 1 aromatic heterocycles. The second kappa shape index (κ2) is 7.60. The fourth-order valence-electron chi connectivity index (χ4n) is 5.66. The number of carbonyl (C=O) groups excluding carboxylic acids is 2. The standard InChI is InChI=1S/C25H31N3O2/c1-26-14-6-11-22(26)24(30)28-16-21-15-27(23(29)20-9-5-10-20)17-25(21,18-28)13-12-19-7-3-2-4-8-19/h2-4,6-8,11,14,20-21H,5,9-10,12-13,15-18H2,1H3/t21-,25+/m1/s1. The molecule has 3 heterocycles. The Labute approximate surface area is 178 Å². The fraction of sp³-hybridized carbons (Fsp3) is 0.520. The zero-order valence-electron chi connectivity index (χ0n) is 17.8. The minimum absolute atomic E-state index is 0.00999. The van der Waals surface area contributed by atoms with Gasteiger partial charge in [-0.15, -0.1) is 0 Å². The molecule has 2 atom stereocenters. The smallest absolute Gasteiger partial charge is 0.270 e. The van der Waals surface area contributed by atoms with Crippen LogP contribution in [0.1, 0.15) is 41.7 Å². The largest absolute Gasteiger partial charge is 0.347 e. The van der Waals surface area contributed by atoms with E-state index in [-0.39, 0.29) is 17.2 Å². The molecule has 0 bridgehead atoms. The third-order valence-corrected chi connectivity index (χ3v) is 7.73. The maximum atomic E-state index is 13.2. The molecule has 1 saturated carbocycles.